The summed E-state index contributed by atoms with van der Waals surface area (Å²) in [5.74, 6) is 1.51. The zero-order valence-electron chi connectivity index (χ0n) is 22.9. The number of carbonyl (C=O) groups excluding carboxylic acids is 1. The predicted molar refractivity (Wildman–Crippen MR) is 155 cm³/mol. The Hall–Kier alpha value is -3.15. The first kappa shape index (κ1) is 29.4. The largest absolute Gasteiger partial charge is 0.457 e. The monoisotopic (exact) mass is 516 g/mol. The van der Waals surface area contributed by atoms with Gasteiger partial charge in [0, 0.05) is 25.2 Å². The lowest BCUT2D eigenvalue weighted by Gasteiger charge is -2.15. The van der Waals surface area contributed by atoms with Crippen molar-refractivity contribution in [3.63, 3.8) is 0 Å². The summed E-state index contributed by atoms with van der Waals surface area (Å²) in [6.07, 6.45) is 12.9. The molecule has 0 aromatic heterocycles. The maximum atomic E-state index is 12.4. The van der Waals surface area contributed by atoms with Crippen molar-refractivity contribution in [2.75, 3.05) is 6.54 Å². The number of hydrogen-bond acceptors (Lipinski definition) is 4. The van der Waals surface area contributed by atoms with Crippen molar-refractivity contribution in [3.05, 3.63) is 95.6 Å². The molecule has 5 heteroatoms. The molecule has 0 bridgehead atoms. The number of hydrogen-bond donors (Lipinski definition) is 2. The van der Waals surface area contributed by atoms with Crippen molar-refractivity contribution in [3.8, 4) is 11.5 Å². The number of rotatable bonds is 18. The Balaban J connectivity index is 1.30. The number of carbonyl (C=O) groups is 1. The topological polar surface area (TPSA) is 61.8 Å². The molecule has 0 heterocycles. The van der Waals surface area contributed by atoms with Crippen molar-refractivity contribution in [2.24, 2.45) is 0 Å². The third-order valence-electron chi connectivity index (χ3n) is 6.66. The number of unbranched alkanes of at least 4 members (excludes halogenated alkanes) is 9. The molecule has 2 N–H and O–H groups in total. The molecule has 0 fully saturated rings. The molecule has 0 spiro atoms. The summed E-state index contributed by atoms with van der Waals surface area (Å²) in [6, 6.07) is 24.8. The lowest BCUT2D eigenvalue weighted by molar-refractivity contribution is -0.108. The van der Waals surface area contributed by atoms with Crippen LogP contribution in [0.1, 0.15) is 92.6 Å². The predicted octanol–water partition coefficient (Wildman–Crippen LogP) is 8.52. The lowest BCUT2D eigenvalue weighted by atomic mass is 10.1. The fourth-order valence-corrected chi connectivity index (χ4v) is 4.44. The maximum absolute atomic E-state index is 12.4. The summed E-state index contributed by atoms with van der Waals surface area (Å²) in [7, 11) is 0. The number of hydroxylamine groups is 2. The van der Waals surface area contributed by atoms with Gasteiger partial charge in [0.05, 0.1) is 0 Å². The highest BCUT2D eigenvalue weighted by atomic mass is 16.5. The van der Waals surface area contributed by atoms with E-state index in [1.54, 1.807) is 0 Å². The molecule has 1 amide bonds. The van der Waals surface area contributed by atoms with Crippen LogP contribution in [0.4, 0.5) is 0 Å². The summed E-state index contributed by atoms with van der Waals surface area (Å²) >= 11 is 0. The summed E-state index contributed by atoms with van der Waals surface area (Å²) in [5, 5.41) is 14.7. The van der Waals surface area contributed by atoms with E-state index in [1.165, 1.54) is 62.9 Å². The van der Waals surface area contributed by atoms with E-state index in [4.69, 9.17) is 4.74 Å². The summed E-state index contributed by atoms with van der Waals surface area (Å²) in [6.45, 7) is 3.75. The Kier molecular flexibility index (Phi) is 13.4. The van der Waals surface area contributed by atoms with Crippen LogP contribution in [-0.4, -0.2) is 22.7 Å². The average Bonchev–Trinajstić information content (AvgIpc) is 2.93. The highest BCUT2D eigenvalue weighted by molar-refractivity contribution is 5.94. The van der Waals surface area contributed by atoms with Gasteiger partial charge >= 0.3 is 0 Å². The van der Waals surface area contributed by atoms with E-state index in [0.717, 1.165) is 35.6 Å². The van der Waals surface area contributed by atoms with E-state index >= 15 is 0 Å². The van der Waals surface area contributed by atoms with Gasteiger partial charge in [-0.2, -0.15) is 5.06 Å². The van der Waals surface area contributed by atoms with Crippen LogP contribution in [0.3, 0.4) is 0 Å². The molecule has 3 aromatic carbocycles. The Morgan fingerprint density at radius 2 is 1.18 bits per heavy atom. The van der Waals surface area contributed by atoms with E-state index in [0.29, 0.717) is 18.7 Å². The Morgan fingerprint density at radius 1 is 0.684 bits per heavy atom. The van der Waals surface area contributed by atoms with Crippen molar-refractivity contribution in [2.45, 2.75) is 84.2 Å². The third kappa shape index (κ3) is 11.5. The van der Waals surface area contributed by atoms with Crippen LogP contribution >= 0.6 is 0 Å². The molecule has 5 nitrogen and oxygen atoms in total. The number of amides is 1. The summed E-state index contributed by atoms with van der Waals surface area (Å²) in [4.78, 5) is 12.4. The zero-order chi connectivity index (χ0) is 26.8. The van der Waals surface area contributed by atoms with Crippen molar-refractivity contribution in [1.29, 1.82) is 0 Å². The van der Waals surface area contributed by atoms with E-state index in [1.807, 2.05) is 78.9 Å². The van der Waals surface area contributed by atoms with Crippen LogP contribution in [0, 0.1) is 0 Å². The smallest absolute Gasteiger partial charge is 0.251 e. The zero-order valence-corrected chi connectivity index (χ0v) is 22.9. The van der Waals surface area contributed by atoms with Crippen LogP contribution in [0.2, 0.25) is 0 Å². The van der Waals surface area contributed by atoms with E-state index in [9.17, 15) is 10.0 Å². The van der Waals surface area contributed by atoms with Gasteiger partial charge in [0.2, 0.25) is 0 Å². The lowest BCUT2D eigenvalue weighted by Crippen LogP contribution is -2.24. The Morgan fingerprint density at radius 3 is 1.76 bits per heavy atom. The molecule has 3 rings (SSSR count). The molecular weight excluding hydrogens is 472 g/mol. The van der Waals surface area contributed by atoms with Gasteiger partial charge in [-0.1, -0.05) is 107 Å². The molecule has 0 radical (unpaired) electrons. The number of nitrogens with one attached hydrogen (secondary N) is 1. The fraction of sp³-hybridized carbons (Fsp3) is 0.424. The standard InChI is InChI=1S/C33H44N2O3/c1-2-3-4-5-6-7-8-9-10-14-25-34-33(36)30-21-17-28(18-22-30)26-35(37)27-29-19-23-32(24-20-29)38-31-15-12-11-13-16-31/h11-13,15-24,37H,2-10,14,25-27H2,1H3,(H,34,36). The number of para-hydroxylation sites is 1. The van der Waals surface area contributed by atoms with Gasteiger partial charge in [0.1, 0.15) is 11.5 Å². The first-order valence-corrected chi connectivity index (χ1v) is 14.3. The minimum atomic E-state index is -0.0360. The van der Waals surface area contributed by atoms with Crippen LogP contribution in [0.5, 0.6) is 11.5 Å². The molecule has 0 aliphatic heterocycles. The summed E-state index contributed by atoms with van der Waals surface area (Å²) < 4.78 is 5.82. The molecule has 0 saturated heterocycles. The number of nitrogens with zero attached hydrogens (tertiary/aromatic N) is 1. The molecule has 204 valence electrons. The van der Waals surface area contributed by atoms with Crippen LogP contribution in [0.25, 0.3) is 0 Å². The fourth-order valence-electron chi connectivity index (χ4n) is 4.44. The minimum absolute atomic E-state index is 0.0360. The van der Waals surface area contributed by atoms with Gasteiger partial charge in [-0.05, 0) is 53.9 Å². The van der Waals surface area contributed by atoms with E-state index in [-0.39, 0.29) is 5.91 Å². The van der Waals surface area contributed by atoms with Crippen molar-refractivity contribution >= 4 is 5.91 Å². The molecule has 0 aliphatic carbocycles. The number of ether oxygens (including phenoxy) is 1. The first-order chi connectivity index (χ1) is 18.6. The molecule has 0 unspecified atom stereocenters. The molecular formula is C33H44N2O3. The van der Waals surface area contributed by atoms with Gasteiger partial charge in [-0.25, -0.2) is 0 Å². The molecule has 0 aliphatic rings. The van der Waals surface area contributed by atoms with Gasteiger partial charge in [0.15, 0.2) is 0 Å². The van der Waals surface area contributed by atoms with Crippen molar-refractivity contribution in [1.82, 2.24) is 10.4 Å². The van der Waals surface area contributed by atoms with Gasteiger partial charge in [-0.15, -0.1) is 0 Å². The normalized spacial score (nSPS) is 11.0. The average molecular weight is 517 g/mol. The van der Waals surface area contributed by atoms with Gasteiger partial charge in [-0.3, -0.25) is 4.79 Å². The number of benzene rings is 3. The highest BCUT2D eigenvalue weighted by Gasteiger charge is 2.08. The minimum Gasteiger partial charge on any atom is -0.457 e. The Bertz CT molecular complexity index is 1040. The van der Waals surface area contributed by atoms with E-state index in [2.05, 4.69) is 12.2 Å². The second-order valence-corrected chi connectivity index (χ2v) is 10.0. The Labute approximate surface area is 228 Å². The maximum Gasteiger partial charge on any atom is 0.251 e. The SMILES string of the molecule is CCCCCCCCCCCCNC(=O)c1ccc(CN(O)Cc2ccc(Oc3ccccc3)cc2)cc1. The van der Waals surface area contributed by atoms with Crippen LogP contribution in [0.15, 0.2) is 78.9 Å². The summed E-state index contributed by atoms with van der Waals surface area (Å²) in [5.41, 5.74) is 2.58. The second kappa shape index (κ2) is 17.4. The second-order valence-electron chi connectivity index (χ2n) is 10.0. The molecule has 0 saturated carbocycles. The van der Waals surface area contributed by atoms with Gasteiger partial charge in [0.25, 0.3) is 5.91 Å². The molecule has 38 heavy (non-hydrogen) atoms. The van der Waals surface area contributed by atoms with Crippen molar-refractivity contribution < 1.29 is 14.7 Å². The molecule has 0 atom stereocenters. The van der Waals surface area contributed by atoms with Gasteiger partial charge < -0.3 is 15.3 Å². The quantitative estimate of drug-likeness (QED) is 0.131. The first-order valence-electron chi connectivity index (χ1n) is 14.3. The molecule has 3 aromatic rings. The third-order valence-corrected chi connectivity index (χ3v) is 6.66. The van der Waals surface area contributed by atoms with Crippen LogP contribution < -0.4 is 10.1 Å². The van der Waals surface area contributed by atoms with Crippen LogP contribution in [-0.2, 0) is 13.1 Å². The van der Waals surface area contributed by atoms with E-state index < -0.39 is 0 Å². The highest BCUT2D eigenvalue weighted by Crippen LogP contribution is 2.21.